The molecule has 4 aromatic rings. The van der Waals surface area contributed by atoms with Crippen LogP contribution >= 0.6 is 0 Å². The zero-order chi connectivity index (χ0) is 45.7. The molecule has 0 aromatic heterocycles. The molecule has 12 heteroatoms. The number of Topliss-reactive ketones (excluding diaryl/α,β-unsaturated/α-hetero) is 1. The maximum Gasteiger partial charge on any atom is 0.338 e. The largest absolute Gasteiger partial charge is 0.455 e. The maximum atomic E-state index is 16.5. The molecular weight excluding hydrogens is 829 g/mol. The summed E-state index contributed by atoms with van der Waals surface area (Å²) in [6.45, 7) is 9.10. The lowest BCUT2D eigenvalue weighted by atomic mass is 9.44. The molecule has 0 unspecified atom stereocenters. The summed E-state index contributed by atoms with van der Waals surface area (Å²) in [7, 11) is -3.28. The lowest BCUT2D eigenvalue weighted by Crippen LogP contribution is -2.82. The maximum absolute atomic E-state index is 16.5. The van der Waals surface area contributed by atoms with E-state index in [1.165, 1.54) is 13.8 Å². The number of aliphatic hydroxyl groups is 2. The number of rotatable bonds is 12. The third-order valence-corrected chi connectivity index (χ3v) is 18.6. The molecule has 0 amide bonds. The molecule has 1 aliphatic heterocycles. The van der Waals surface area contributed by atoms with Gasteiger partial charge in [0, 0.05) is 32.1 Å². The van der Waals surface area contributed by atoms with Gasteiger partial charge in [0.1, 0.15) is 17.8 Å². The first-order valence-electron chi connectivity index (χ1n) is 22.1. The van der Waals surface area contributed by atoms with Crippen molar-refractivity contribution in [2.24, 2.45) is 16.7 Å². The first-order valence-corrected chi connectivity index (χ1v) is 24.7. The zero-order valence-corrected chi connectivity index (χ0v) is 38.3. The fraction of sp³-hybridized carbons (Fsp3) is 0.423. The van der Waals surface area contributed by atoms with Crippen LogP contribution in [0, 0.1) is 16.7 Å². The summed E-state index contributed by atoms with van der Waals surface area (Å²) in [5, 5.41) is 25.6. The first-order chi connectivity index (χ1) is 30.4. The number of carbonyl (C=O) groups excluding carboxylic acids is 4. The molecule has 3 aliphatic carbocycles. The summed E-state index contributed by atoms with van der Waals surface area (Å²) in [5.41, 5.74) is -3.19. The molecule has 9 atom stereocenters. The highest BCUT2D eigenvalue weighted by atomic mass is 28.4. The topological polar surface area (TPSA) is 155 Å². The summed E-state index contributed by atoms with van der Waals surface area (Å²) >= 11 is 0. The van der Waals surface area contributed by atoms with Crippen LogP contribution in [0.25, 0.3) is 0 Å². The Bertz CT molecular complexity index is 2310. The van der Waals surface area contributed by atoms with Gasteiger partial charge in [-0.3, -0.25) is 14.4 Å². The van der Waals surface area contributed by atoms with Crippen molar-refractivity contribution in [3.05, 3.63) is 155 Å². The van der Waals surface area contributed by atoms with Gasteiger partial charge in [-0.25, -0.2) is 4.79 Å². The van der Waals surface area contributed by atoms with Gasteiger partial charge in [-0.15, -0.1) is 0 Å². The summed E-state index contributed by atoms with van der Waals surface area (Å²) in [6.07, 6.45) is -6.72. The van der Waals surface area contributed by atoms with Crippen LogP contribution in [0.3, 0.4) is 0 Å². The van der Waals surface area contributed by atoms with Crippen molar-refractivity contribution < 1.29 is 52.8 Å². The smallest absolute Gasteiger partial charge is 0.338 e. The van der Waals surface area contributed by atoms with Gasteiger partial charge in [0.2, 0.25) is 8.32 Å². The van der Waals surface area contributed by atoms with E-state index in [0.29, 0.717) is 23.7 Å². The summed E-state index contributed by atoms with van der Waals surface area (Å²) in [4.78, 5) is 57.7. The molecule has 2 bridgehead atoms. The number of carbonyl (C=O) groups is 4. The summed E-state index contributed by atoms with van der Waals surface area (Å²) in [6, 6.07) is 40.2. The van der Waals surface area contributed by atoms with Crippen LogP contribution in [0.15, 0.2) is 132 Å². The SMILES string of the molecule is CC(=O)O[C@H]1C(=O)[C@]2(C)[C@@H](O[Si](Cc3ccccc3)(Cc3ccccc3)Cc3ccccc3)C[C@H]3OC[C@@]3(OC(C)=O)[C@H]2[C@H](OC(=O)c2ccccc2)[C@]2(O)C[C@H](O)C(C)=C1C2(C)C. The molecule has 11 nitrogen and oxygen atoms in total. The molecule has 1 heterocycles. The van der Waals surface area contributed by atoms with Crippen molar-refractivity contribution in [1.82, 2.24) is 0 Å². The van der Waals surface area contributed by atoms with Gasteiger partial charge in [-0.2, -0.15) is 0 Å². The van der Waals surface area contributed by atoms with Crippen molar-refractivity contribution in [3.63, 3.8) is 0 Å². The van der Waals surface area contributed by atoms with E-state index in [9.17, 15) is 24.6 Å². The van der Waals surface area contributed by atoms with E-state index in [2.05, 4.69) is 36.4 Å². The van der Waals surface area contributed by atoms with Crippen LogP contribution in [0.1, 0.15) is 81.4 Å². The van der Waals surface area contributed by atoms with E-state index in [-0.39, 0.29) is 30.6 Å². The second-order valence-electron chi connectivity index (χ2n) is 19.0. The Kier molecular flexibility index (Phi) is 12.2. The fourth-order valence-corrected chi connectivity index (χ4v) is 16.1. The van der Waals surface area contributed by atoms with Crippen LogP contribution in [0.5, 0.6) is 0 Å². The molecule has 4 aliphatic rings. The Morgan fingerprint density at radius 2 is 1.25 bits per heavy atom. The number of fused-ring (bicyclic) bond motifs is 5. The van der Waals surface area contributed by atoms with Crippen LogP contribution in [0.4, 0.5) is 0 Å². The third-order valence-electron chi connectivity index (χ3n) is 14.7. The second kappa shape index (κ2) is 17.3. The van der Waals surface area contributed by atoms with E-state index in [0.717, 1.165) is 16.7 Å². The molecule has 2 N–H and O–H groups in total. The van der Waals surface area contributed by atoms with Crippen molar-refractivity contribution in [2.45, 2.75) is 114 Å². The number of aliphatic hydroxyl groups excluding tert-OH is 1. The number of hydrogen-bond donors (Lipinski definition) is 2. The Morgan fingerprint density at radius 3 is 1.70 bits per heavy atom. The minimum absolute atomic E-state index is 0.0771. The minimum atomic E-state index is -3.28. The molecule has 2 saturated carbocycles. The van der Waals surface area contributed by atoms with Crippen molar-refractivity contribution in [2.75, 3.05) is 6.61 Å². The molecular formula is C52H58O11Si. The van der Waals surface area contributed by atoms with Crippen LogP contribution < -0.4 is 0 Å². The van der Waals surface area contributed by atoms with Crippen LogP contribution in [0.2, 0.25) is 0 Å². The van der Waals surface area contributed by atoms with Gasteiger partial charge in [0.25, 0.3) is 0 Å². The highest BCUT2D eigenvalue weighted by molar-refractivity contribution is 6.72. The van der Waals surface area contributed by atoms with Crippen molar-refractivity contribution in [3.8, 4) is 0 Å². The Morgan fingerprint density at radius 1 is 0.750 bits per heavy atom. The normalized spacial score (nSPS) is 30.7. The second-order valence-corrected chi connectivity index (χ2v) is 22.7. The quantitative estimate of drug-likeness (QED) is 0.0657. The highest BCUT2D eigenvalue weighted by Gasteiger charge is 2.79. The molecule has 8 rings (SSSR count). The number of ether oxygens (including phenoxy) is 4. The van der Waals surface area contributed by atoms with Gasteiger partial charge in [-0.1, -0.05) is 123 Å². The van der Waals surface area contributed by atoms with Crippen LogP contribution in [-0.4, -0.2) is 90.6 Å². The monoisotopic (exact) mass is 886 g/mol. The Balaban J connectivity index is 1.41. The van der Waals surface area contributed by atoms with Gasteiger partial charge in [0.05, 0.1) is 35.7 Å². The average molecular weight is 887 g/mol. The van der Waals surface area contributed by atoms with Crippen molar-refractivity contribution in [1.29, 1.82) is 0 Å². The zero-order valence-electron chi connectivity index (χ0n) is 37.3. The highest BCUT2D eigenvalue weighted by Crippen LogP contribution is 2.65. The number of hydrogen-bond acceptors (Lipinski definition) is 11. The lowest BCUT2D eigenvalue weighted by Gasteiger charge is -2.68. The minimum Gasteiger partial charge on any atom is -0.455 e. The van der Waals surface area contributed by atoms with Crippen molar-refractivity contribution >= 4 is 32.0 Å². The summed E-state index contributed by atoms with van der Waals surface area (Å²) < 4.78 is 33.5. The van der Waals surface area contributed by atoms with E-state index >= 15 is 4.79 Å². The third kappa shape index (κ3) is 7.87. The molecule has 1 saturated heterocycles. The van der Waals surface area contributed by atoms with Gasteiger partial charge in [0.15, 0.2) is 17.5 Å². The van der Waals surface area contributed by atoms with Crippen LogP contribution in [-0.2, 0) is 55.9 Å². The average Bonchev–Trinajstić information content (AvgIpc) is 3.25. The van der Waals surface area contributed by atoms with Gasteiger partial charge < -0.3 is 33.6 Å². The molecule has 0 spiro atoms. The predicted molar refractivity (Wildman–Crippen MR) is 240 cm³/mol. The molecule has 3 fully saturated rings. The molecule has 4 aromatic carbocycles. The fourth-order valence-electron chi connectivity index (χ4n) is 11.6. The molecule has 64 heavy (non-hydrogen) atoms. The van der Waals surface area contributed by atoms with Gasteiger partial charge >= 0.3 is 17.9 Å². The van der Waals surface area contributed by atoms with E-state index < -0.39 is 90.5 Å². The number of ketones is 1. The Labute approximate surface area is 375 Å². The lowest BCUT2D eigenvalue weighted by molar-refractivity contribution is -0.344. The van der Waals surface area contributed by atoms with E-state index in [1.54, 1.807) is 58.0 Å². The number of esters is 3. The predicted octanol–water partition coefficient (Wildman–Crippen LogP) is 6.97. The first kappa shape index (κ1) is 45.3. The molecule has 0 radical (unpaired) electrons. The van der Waals surface area contributed by atoms with E-state index in [4.69, 9.17) is 23.4 Å². The Hall–Kier alpha value is -5.24. The van der Waals surface area contributed by atoms with E-state index in [1.807, 2.05) is 54.6 Å². The standard InChI is InChI=1S/C52H58O11Si/c1-33-40(55)28-52(58)47(61-48(57)39-25-17-10-18-26-39)45-50(6,46(56)44(60-34(2)53)43(33)49(52,4)5)41(27-42-51(45,32-59-42)62-35(3)54)63-64(29-36-19-11-7-12-20-36,30-37-21-13-8-14-22-37)31-38-23-15-9-16-24-38/h7-26,40-42,44-45,47,55,58H,27-32H2,1-6H3/t40-,41-,42+,44+,45-,47-,50+,51-,52+/m0/s1. The van der Waals surface area contributed by atoms with Gasteiger partial charge in [-0.05, 0) is 71.9 Å². The number of benzene rings is 4. The summed E-state index contributed by atoms with van der Waals surface area (Å²) in [5.74, 6) is -4.15. The molecule has 336 valence electrons.